The smallest absolute Gasteiger partial charge is 0.231 e. The van der Waals surface area contributed by atoms with Crippen molar-refractivity contribution in [3.63, 3.8) is 0 Å². The van der Waals surface area contributed by atoms with E-state index in [1.165, 1.54) is 11.1 Å². The number of aliphatic hydroxyl groups is 2. The van der Waals surface area contributed by atoms with Gasteiger partial charge in [0.25, 0.3) is 0 Å². The molecule has 0 saturated carbocycles. The van der Waals surface area contributed by atoms with Gasteiger partial charge in [-0.2, -0.15) is 5.10 Å². The Morgan fingerprint density at radius 1 is 1.21 bits per heavy atom. The number of aliphatic hydroxyl groups excluding tert-OH is 2. The maximum absolute atomic E-state index is 9.74. The summed E-state index contributed by atoms with van der Waals surface area (Å²) in [7, 11) is 0. The van der Waals surface area contributed by atoms with Gasteiger partial charge in [-0.1, -0.05) is 0 Å². The van der Waals surface area contributed by atoms with Crippen molar-refractivity contribution in [2.75, 3.05) is 19.9 Å². The van der Waals surface area contributed by atoms with Gasteiger partial charge >= 0.3 is 0 Å². The van der Waals surface area contributed by atoms with Crippen molar-refractivity contribution in [2.24, 2.45) is 0 Å². The number of hydrogen-bond acceptors (Lipinski definition) is 6. The molecule has 24 heavy (non-hydrogen) atoms. The molecule has 0 radical (unpaired) electrons. The second-order valence-corrected chi connectivity index (χ2v) is 6.32. The van der Waals surface area contributed by atoms with Crippen LogP contribution in [0.5, 0.6) is 11.5 Å². The SMILES string of the molecule is Cc1cc2c(cc1CN1CCn3nc(C(O)CO)cc3C1)OCO2. The van der Waals surface area contributed by atoms with E-state index in [4.69, 9.17) is 14.6 Å². The molecule has 2 N–H and O–H groups in total. The van der Waals surface area contributed by atoms with Gasteiger partial charge < -0.3 is 19.7 Å². The van der Waals surface area contributed by atoms with E-state index in [-0.39, 0.29) is 13.4 Å². The minimum absolute atomic E-state index is 0.289. The molecule has 128 valence electrons. The highest BCUT2D eigenvalue weighted by Crippen LogP contribution is 2.35. The van der Waals surface area contributed by atoms with Crippen LogP contribution in [0.4, 0.5) is 0 Å². The lowest BCUT2D eigenvalue weighted by Crippen LogP contribution is -2.33. The van der Waals surface area contributed by atoms with E-state index < -0.39 is 6.10 Å². The van der Waals surface area contributed by atoms with Crippen LogP contribution in [0, 0.1) is 6.92 Å². The van der Waals surface area contributed by atoms with Gasteiger partial charge in [-0.3, -0.25) is 9.58 Å². The van der Waals surface area contributed by atoms with Crippen LogP contribution in [0.25, 0.3) is 0 Å². The fourth-order valence-electron chi connectivity index (χ4n) is 3.23. The average Bonchev–Trinajstić information content (AvgIpc) is 3.20. The molecular formula is C17H21N3O4. The van der Waals surface area contributed by atoms with Gasteiger partial charge in [-0.15, -0.1) is 0 Å². The molecule has 3 heterocycles. The van der Waals surface area contributed by atoms with Crippen molar-refractivity contribution < 1.29 is 19.7 Å². The summed E-state index contributed by atoms with van der Waals surface area (Å²) < 4.78 is 12.8. The lowest BCUT2D eigenvalue weighted by molar-refractivity contribution is 0.0915. The Bertz CT molecular complexity index is 759. The molecule has 4 rings (SSSR count). The van der Waals surface area contributed by atoms with Crippen molar-refractivity contribution in [3.05, 3.63) is 40.7 Å². The summed E-state index contributed by atoms with van der Waals surface area (Å²) in [4.78, 5) is 2.34. The summed E-state index contributed by atoms with van der Waals surface area (Å²) >= 11 is 0. The van der Waals surface area contributed by atoms with Gasteiger partial charge in [0.15, 0.2) is 11.5 Å². The Balaban J connectivity index is 1.50. The third kappa shape index (κ3) is 2.75. The normalized spacial score (nSPS) is 17.8. The molecule has 1 atom stereocenters. The molecule has 2 aliphatic rings. The summed E-state index contributed by atoms with van der Waals surface area (Å²) in [6, 6.07) is 5.96. The topological polar surface area (TPSA) is 80.0 Å². The second kappa shape index (κ2) is 6.08. The molecule has 2 aromatic rings. The predicted molar refractivity (Wildman–Crippen MR) is 85.7 cm³/mol. The molecular weight excluding hydrogens is 310 g/mol. The fourth-order valence-corrected chi connectivity index (χ4v) is 3.23. The summed E-state index contributed by atoms with van der Waals surface area (Å²) in [5, 5.41) is 23.2. The third-order valence-corrected chi connectivity index (χ3v) is 4.64. The van der Waals surface area contributed by atoms with Crippen LogP contribution in [-0.4, -0.2) is 44.8 Å². The zero-order valence-electron chi connectivity index (χ0n) is 13.6. The Morgan fingerprint density at radius 2 is 2.00 bits per heavy atom. The molecule has 0 spiro atoms. The van der Waals surface area contributed by atoms with E-state index in [0.717, 1.165) is 43.4 Å². The lowest BCUT2D eigenvalue weighted by atomic mass is 10.1. The van der Waals surface area contributed by atoms with Crippen molar-refractivity contribution in [1.82, 2.24) is 14.7 Å². The van der Waals surface area contributed by atoms with E-state index in [2.05, 4.69) is 23.0 Å². The molecule has 7 nitrogen and oxygen atoms in total. The first-order valence-corrected chi connectivity index (χ1v) is 8.11. The zero-order valence-corrected chi connectivity index (χ0v) is 13.6. The van der Waals surface area contributed by atoms with E-state index >= 15 is 0 Å². The van der Waals surface area contributed by atoms with Crippen molar-refractivity contribution in [1.29, 1.82) is 0 Å². The van der Waals surface area contributed by atoms with Crippen LogP contribution < -0.4 is 9.47 Å². The number of hydrogen-bond donors (Lipinski definition) is 2. The second-order valence-electron chi connectivity index (χ2n) is 6.32. The first-order valence-electron chi connectivity index (χ1n) is 8.11. The van der Waals surface area contributed by atoms with Crippen LogP contribution in [0.3, 0.4) is 0 Å². The maximum Gasteiger partial charge on any atom is 0.231 e. The molecule has 1 aromatic heterocycles. The molecule has 2 aliphatic heterocycles. The zero-order chi connectivity index (χ0) is 16.7. The van der Waals surface area contributed by atoms with Crippen LogP contribution in [0.15, 0.2) is 18.2 Å². The first-order chi connectivity index (χ1) is 11.6. The number of rotatable bonds is 4. The highest BCUT2D eigenvalue weighted by atomic mass is 16.7. The molecule has 7 heteroatoms. The quantitative estimate of drug-likeness (QED) is 0.869. The van der Waals surface area contributed by atoms with Gasteiger partial charge in [-0.25, -0.2) is 0 Å². The Kier molecular flexibility index (Phi) is 3.91. The lowest BCUT2D eigenvalue weighted by Gasteiger charge is -2.28. The molecule has 0 fully saturated rings. The van der Waals surface area contributed by atoms with Gasteiger partial charge in [0, 0.05) is 19.6 Å². The number of fused-ring (bicyclic) bond motifs is 2. The largest absolute Gasteiger partial charge is 0.454 e. The maximum atomic E-state index is 9.74. The predicted octanol–water partition coefficient (Wildman–Crippen LogP) is 0.962. The van der Waals surface area contributed by atoms with E-state index in [1.807, 2.05) is 16.8 Å². The van der Waals surface area contributed by atoms with Crippen LogP contribution in [-0.2, 0) is 19.6 Å². The van der Waals surface area contributed by atoms with Gasteiger partial charge in [0.05, 0.1) is 24.5 Å². The minimum atomic E-state index is -0.910. The first kappa shape index (κ1) is 15.4. The van der Waals surface area contributed by atoms with Crippen LogP contribution in [0.2, 0.25) is 0 Å². The molecule has 0 bridgehead atoms. The van der Waals surface area contributed by atoms with E-state index in [1.54, 1.807) is 0 Å². The average molecular weight is 331 g/mol. The molecule has 0 amide bonds. The van der Waals surface area contributed by atoms with Crippen LogP contribution in [0.1, 0.15) is 28.6 Å². The number of benzene rings is 1. The molecule has 0 saturated heterocycles. The Labute approximate surface area is 140 Å². The number of ether oxygens (including phenoxy) is 2. The van der Waals surface area contributed by atoms with Crippen molar-refractivity contribution >= 4 is 0 Å². The molecule has 1 unspecified atom stereocenters. The van der Waals surface area contributed by atoms with Gasteiger partial charge in [0.2, 0.25) is 6.79 Å². The van der Waals surface area contributed by atoms with Gasteiger partial charge in [0.1, 0.15) is 6.10 Å². The minimum Gasteiger partial charge on any atom is -0.454 e. The highest BCUT2D eigenvalue weighted by molar-refractivity contribution is 5.48. The Morgan fingerprint density at radius 3 is 2.79 bits per heavy atom. The highest BCUT2D eigenvalue weighted by Gasteiger charge is 2.22. The third-order valence-electron chi connectivity index (χ3n) is 4.64. The molecule has 1 aromatic carbocycles. The van der Waals surface area contributed by atoms with Crippen molar-refractivity contribution in [2.45, 2.75) is 32.7 Å². The number of aromatic nitrogens is 2. The summed E-state index contributed by atoms with van der Waals surface area (Å²) in [6.07, 6.45) is -0.910. The van der Waals surface area contributed by atoms with Crippen LogP contribution >= 0.6 is 0 Å². The van der Waals surface area contributed by atoms with Gasteiger partial charge in [-0.05, 0) is 36.2 Å². The Hall–Kier alpha value is -2.09. The van der Waals surface area contributed by atoms with Crippen molar-refractivity contribution in [3.8, 4) is 11.5 Å². The standard InChI is InChI=1S/C17H21N3O4/c1-11-4-16-17(24-10-23-16)5-12(11)7-19-2-3-20-13(8-19)6-14(18-20)15(22)9-21/h4-6,15,21-22H,2-3,7-10H2,1H3. The monoisotopic (exact) mass is 331 g/mol. The molecule has 0 aliphatic carbocycles. The summed E-state index contributed by atoms with van der Waals surface area (Å²) in [5.41, 5.74) is 4.01. The fraction of sp³-hybridized carbons (Fsp3) is 0.471. The number of aryl methyl sites for hydroxylation is 1. The van der Waals surface area contributed by atoms with E-state index in [0.29, 0.717) is 5.69 Å². The van der Waals surface area contributed by atoms with E-state index in [9.17, 15) is 5.11 Å². The summed E-state index contributed by atoms with van der Waals surface area (Å²) in [5.74, 6) is 1.63. The summed E-state index contributed by atoms with van der Waals surface area (Å²) in [6.45, 7) is 5.31. The number of nitrogens with zero attached hydrogens (tertiary/aromatic N) is 3.